The molecule has 0 aliphatic rings. The summed E-state index contributed by atoms with van der Waals surface area (Å²) >= 11 is 0. The van der Waals surface area contributed by atoms with Gasteiger partial charge in [-0.25, -0.2) is 13.5 Å². The number of nitrogens with zero attached hydrogens (tertiary/aromatic N) is 4. The molecule has 0 saturated heterocycles. The third-order valence-electron chi connectivity index (χ3n) is 3.36. The number of amides is 1. The van der Waals surface area contributed by atoms with Gasteiger partial charge in [-0.05, 0) is 29.8 Å². The molecule has 0 unspecified atom stereocenters. The van der Waals surface area contributed by atoms with E-state index in [0.717, 1.165) is 17.7 Å². The molecule has 122 valence electrons. The molecule has 0 saturated carbocycles. The minimum atomic E-state index is -0.672. The number of hydrogen-bond donors (Lipinski definition) is 1. The summed E-state index contributed by atoms with van der Waals surface area (Å²) < 4.78 is 28.5. The molecular weight excluding hydrogens is 316 g/mol. The number of pyridine rings is 1. The second kappa shape index (κ2) is 6.95. The average Bonchev–Trinajstić information content (AvgIpc) is 3.06. The van der Waals surface area contributed by atoms with Crippen LogP contribution in [0.2, 0.25) is 0 Å². The highest BCUT2D eigenvalue weighted by Gasteiger charge is 2.13. The Hall–Kier alpha value is -3.16. The zero-order chi connectivity index (χ0) is 16.9. The Morgan fingerprint density at radius 1 is 1.12 bits per heavy atom. The van der Waals surface area contributed by atoms with Crippen molar-refractivity contribution in [3.05, 3.63) is 77.4 Å². The first-order valence-electron chi connectivity index (χ1n) is 7.13. The summed E-state index contributed by atoms with van der Waals surface area (Å²) in [6.07, 6.45) is 4.59. The Balaban J connectivity index is 1.66. The van der Waals surface area contributed by atoms with Crippen LogP contribution in [0.15, 0.2) is 48.9 Å². The lowest BCUT2D eigenvalue weighted by molar-refractivity contribution is 0.0946. The fourth-order valence-corrected chi connectivity index (χ4v) is 2.10. The van der Waals surface area contributed by atoms with E-state index < -0.39 is 17.5 Å². The second-order valence-electron chi connectivity index (χ2n) is 5.04. The van der Waals surface area contributed by atoms with Crippen LogP contribution in [0.4, 0.5) is 8.78 Å². The highest BCUT2D eigenvalue weighted by atomic mass is 19.1. The lowest BCUT2D eigenvalue weighted by Crippen LogP contribution is -2.23. The van der Waals surface area contributed by atoms with Crippen LogP contribution in [-0.4, -0.2) is 25.9 Å². The van der Waals surface area contributed by atoms with E-state index in [-0.39, 0.29) is 17.8 Å². The third-order valence-corrected chi connectivity index (χ3v) is 3.36. The summed E-state index contributed by atoms with van der Waals surface area (Å²) in [5, 5.41) is 10.1. The van der Waals surface area contributed by atoms with Crippen molar-refractivity contribution in [1.29, 1.82) is 0 Å². The molecule has 2 aromatic heterocycles. The molecule has 24 heavy (non-hydrogen) atoms. The topological polar surface area (TPSA) is 72.7 Å². The van der Waals surface area contributed by atoms with E-state index in [1.165, 1.54) is 16.9 Å². The number of halogens is 2. The summed E-state index contributed by atoms with van der Waals surface area (Å²) in [4.78, 5) is 15.9. The summed E-state index contributed by atoms with van der Waals surface area (Å²) in [6, 6.07) is 7.17. The van der Waals surface area contributed by atoms with Crippen LogP contribution >= 0.6 is 0 Å². The Morgan fingerprint density at radius 2 is 1.83 bits per heavy atom. The molecule has 0 aliphatic heterocycles. The predicted molar refractivity (Wildman–Crippen MR) is 80.9 cm³/mol. The molecule has 3 aromatic rings. The van der Waals surface area contributed by atoms with Gasteiger partial charge in [0.15, 0.2) is 5.69 Å². The number of rotatable bonds is 5. The van der Waals surface area contributed by atoms with Gasteiger partial charge in [-0.1, -0.05) is 11.3 Å². The third kappa shape index (κ3) is 3.60. The molecule has 1 aromatic carbocycles. The van der Waals surface area contributed by atoms with Gasteiger partial charge in [0.1, 0.15) is 11.6 Å². The smallest absolute Gasteiger partial charge is 0.273 e. The molecule has 0 bridgehead atoms. The maximum Gasteiger partial charge on any atom is 0.273 e. The van der Waals surface area contributed by atoms with Crippen molar-refractivity contribution in [2.24, 2.45) is 0 Å². The second-order valence-corrected chi connectivity index (χ2v) is 5.04. The Bertz CT molecular complexity index is 830. The Kier molecular flexibility index (Phi) is 4.55. The maximum atomic E-state index is 13.6. The quantitative estimate of drug-likeness (QED) is 0.776. The Morgan fingerprint density at radius 3 is 2.54 bits per heavy atom. The van der Waals surface area contributed by atoms with Crippen molar-refractivity contribution >= 4 is 5.91 Å². The first-order valence-corrected chi connectivity index (χ1v) is 7.13. The lowest BCUT2D eigenvalue weighted by Gasteiger charge is -2.04. The summed E-state index contributed by atoms with van der Waals surface area (Å²) in [5.74, 6) is -1.77. The summed E-state index contributed by atoms with van der Waals surface area (Å²) in [6.45, 7) is 0.166. The van der Waals surface area contributed by atoms with Crippen LogP contribution in [0, 0.1) is 11.6 Å². The predicted octanol–water partition coefficient (Wildman–Crippen LogP) is 1.93. The van der Waals surface area contributed by atoms with Crippen molar-refractivity contribution < 1.29 is 13.6 Å². The molecule has 0 spiro atoms. The highest BCUT2D eigenvalue weighted by Crippen LogP contribution is 2.13. The molecule has 0 atom stereocenters. The van der Waals surface area contributed by atoms with Crippen LogP contribution in [0.25, 0.3) is 0 Å². The molecule has 1 N–H and O–H groups in total. The van der Waals surface area contributed by atoms with Gasteiger partial charge in [-0.15, -0.1) is 5.10 Å². The van der Waals surface area contributed by atoms with Crippen LogP contribution in [-0.2, 0) is 13.1 Å². The zero-order valence-electron chi connectivity index (χ0n) is 12.5. The van der Waals surface area contributed by atoms with E-state index in [4.69, 9.17) is 0 Å². The van der Waals surface area contributed by atoms with Crippen molar-refractivity contribution in [3.8, 4) is 0 Å². The minimum Gasteiger partial charge on any atom is -0.347 e. The van der Waals surface area contributed by atoms with Gasteiger partial charge in [0.25, 0.3) is 5.91 Å². The van der Waals surface area contributed by atoms with Gasteiger partial charge >= 0.3 is 0 Å². The van der Waals surface area contributed by atoms with Gasteiger partial charge in [-0.2, -0.15) is 0 Å². The monoisotopic (exact) mass is 329 g/mol. The van der Waals surface area contributed by atoms with Crippen molar-refractivity contribution in [1.82, 2.24) is 25.3 Å². The number of nitrogens with one attached hydrogen (secondary N) is 1. The molecule has 2 heterocycles. The van der Waals surface area contributed by atoms with E-state index in [0.29, 0.717) is 6.54 Å². The van der Waals surface area contributed by atoms with Crippen molar-refractivity contribution in [3.63, 3.8) is 0 Å². The first-order chi connectivity index (χ1) is 11.6. The highest BCUT2D eigenvalue weighted by molar-refractivity contribution is 5.91. The number of hydrogen-bond acceptors (Lipinski definition) is 4. The van der Waals surface area contributed by atoms with E-state index in [1.807, 2.05) is 0 Å². The number of aromatic nitrogens is 4. The van der Waals surface area contributed by atoms with Crippen LogP contribution < -0.4 is 5.32 Å². The van der Waals surface area contributed by atoms with Crippen molar-refractivity contribution in [2.75, 3.05) is 0 Å². The largest absolute Gasteiger partial charge is 0.347 e. The molecule has 0 radical (unpaired) electrons. The SMILES string of the molecule is O=C(NCc1ccncc1)c1cn(Cc2c(F)cccc2F)nn1. The van der Waals surface area contributed by atoms with E-state index in [2.05, 4.69) is 20.6 Å². The molecule has 0 fully saturated rings. The summed E-state index contributed by atoms with van der Waals surface area (Å²) in [5.41, 5.74) is 0.825. The summed E-state index contributed by atoms with van der Waals surface area (Å²) in [7, 11) is 0. The van der Waals surface area contributed by atoms with E-state index in [9.17, 15) is 13.6 Å². The normalized spacial score (nSPS) is 10.6. The van der Waals surface area contributed by atoms with Crippen molar-refractivity contribution in [2.45, 2.75) is 13.1 Å². The van der Waals surface area contributed by atoms with Crippen LogP contribution in [0.3, 0.4) is 0 Å². The maximum absolute atomic E-state index is 13.6. The van der Waals surface area contributed by atoms with Gasteiger partial charge in [-0.3, -0.25) is 9.78 Å². The van der Waals surface area contributed by atoms with E-state index in [1.54, 1.807) is 24.5 Å². The Labute approximate surface area is 136 Å². The zero-order valence-corrected chi connectivity index (χ0v) is 12.5. The molecule has 1 amide bonds. The molecule has 8 heteroatoms. The standard InChI is InChI=1S/C16H13F2N5O/c17-13-2-1-3-14(18)12(13)9-23-10-15(21-22-23)16(24)20-8-11-4-6-19-7-5-11/h1-7,10H,8-9H2,(H,20,24). The number of carbonyl (C=O) groups excluding carboxylic acids is 1. The van der Waals surface area contributed by atoms with E-state index >= 15 is 0 Å². The minimum absolute atomic E-state index is 0.0702. The van der Waals surface area contributed by atoms with Gasteiger partial charge in [0.2, 0.25) is 0 Å². The fraction of sp³-hybridized carbons (Fsp3) is 0.125. The lowest BCUT2D eigenvalue weighted by atomic mass is 10.2. The number of benzene rings is 1. The molecule has 0 aliphatic carbocycles. The molecule has 6 nitrogen and oxygen atoms in total. The van der Waals surface area contributed by atoms with Crippen LogP contribution in [0.1, 0.15) is 21.6 Å². The average molecular weight is 329 g/mol. The van der Waals surface area contributed by atoms with Gasteiger partial charge < -0.3 is 5.32 Å². The number of carbonyl (C=O) groups is 1. The van der Waals surface area contributed by atoms with Gasteiger partial charge in [0.05, 0.1) is 12.7 Å². The fourth-order valence-electron chi connectivity index (χ4n) is 2.10. The van der Waals surface area contributed by atoms with Crippen LogP contribution in [0.5, 0.6) is 0 Å². The van der Waals surface area contributed by atoms with Gasteiger partial charge in [0, 0.05) is 24.5 Å². The molecular formula is C16H13F2N5O. The first kappa shape index (κ1) is 15.7. The molecule has 3 rings (SSSR count).